The molecule has 1 heterocycles. The highest BCUT2D eigenvalue weighted by Crippen LogP contribution is 2.61. The topological polar surface area (TPSA) is 29.3 Å². The number of hydrogen-bond acceptors (Lipinski definition) is 2. The lowest BCUT2D eigenvalue weighted by Gasteiger charge is -2.59. The average molecular weight is 276 g/mol. The maximum atomic E-state index is 6.83. The zero-order chi connectivity index (χ0) is 14.0. The van der Waals surface area contributed by atoms with Gasteiger partial charge in [-0.05, 0) is 94.9 Å². The van der Waals surface area contributed by atoms with E-state index in [9.17, 15) is 0 Å². The van der Waals surface area contributed by atoms with E-state index in [-0.39, 0.29) is 0 Å². The summed E-state index contributed by atoms with van der Waals surface area (Å²) >= 11 is 0. The molecule has 0 amide bonds. The summed E-state index contributed by atoms with van der Waals surface area (Å²) in [5, 5.41) is 0. The van der Waals surface area contributed by atoms with E-state index < -0.39 is 0 Å². The van der Waals surface area contributed by atoms with Crippen LogP contribution in [0.15, 0.2) is 0 Å². The lowest BCUT2D eigenvalue weighted by Crippen LogP contribution is -2.58. The first-order valence-electron chi connectivity index (χ1n) is 8.97. The van der Waals surface area contributed by atoms with Crippen LogP contribution < -0.4 is 5.73 Å². The van der Waals surface area contributed by atoms with Crippen LogP contribution in [0, 0.1) is 23.2 Å². The van der Waals surface area contributed by atoms with Crippen molar-refractivity contribution >= 4 is 0 Å². The van der Waals surface area contributed by atoms with Crippen molar-refractivity contribution in [2.45, 2.75) is 76.8 Å². The van der Waals surface area contributed by atoms with Crippen molar-refractivity contribution in [3.8, 4) is 0 Å². The van der Waals surface area contributed by atoms with Gasteiger partial charge in [0.15, 0.2) is 0 Å². The van der Waals surface area contributed by atoms with E-state index in [0.29, 0.717) is 17.0 Å². The maximum absolute atomic E-state index is 6.83. The first-order valence-corrected chi connectivity index (χ1v) is 8.97. The molecule has 0 aromatic carbocycles. The highest BCUT2D eigenvalue weighted by Gasteiger charge is 2.53. The fraction of sp³-hybridized carbons (Fsp3) is 1.00. The molecule has 5 aliphatic rings. The Hall–Kier alpha value is -0.0800. The summed E-state index contributed by atoms with van der Waals surface area (Å²) in [5.41, 5.74) is 7.74. The summed E-state index contributed by atoms with van der Waals surface area (Å²) in [6, 6.07) is 0.424. The molecule has 0 radical (unpaired) electrons. The van der Waals surface area contributed by atoms with E-state index in [2.05, 4.69) is 18.7 Å². The largest absolute Gasteiger partial charge is 0.326 e. The van der Waals surface area contributed by atoms with Gasteiger partial charge >= 0.3 is 0 Å². The third-order valence-corrected chi connectivity index (χ3v) is 7.36. The van der Waals surface area contributed by atoms with E-state index in [1.807, 2.05) is 0 Å². The van der Waals surface area contributed by atoms with Gasteiger partial charge in [0, 0.05) is 18.1 Å². The molecule has 1 unspecified atom stereocenters. The normalized spacial score (nSPS) is 47.9. The van der Waals surface area contributed by atoms with Gasteiger partial charge in [-0.25, -0.2) is 0 Å². The Balaban J connectivity index is 1.49. The second-order valence-corrected chi connectivity index (χ2v) is 9.25. The van der Waals surface area contributed by atoms with Crippen LogP contribution in [0.2, 0.25) is 0 Å². The van der Waals surface area contributed by atoms with Crippen molar-refractivity contribution in [3.05, 3.63) is 0 Å². The second-order valence-electron chi connectivity index (χ2n) is 9.25. The molecule has 4 bridgehead atoms. The summed E-state index contributed by atoms with van der Waals surface area (Å²) in [4.78, 5) is 2.69. The minimum atomic E-state index is 0.389. The molecule has 2 heteroatoms. The first kappa shape index (κ1) is 13.6. The molecule has 4 aliphatic carbocycles. The van der Waals surface area contributed by atoms with Gasteiger partial charge in [0.2, 0.25) is 0 Å². The summed E-state index contributed by atoms with van der Waals surface area (Å²) in [7, 11) is 0. The number of nitrogens with zero attached hydrogens (tertiary/aromatic N) is 1. The van der Waals surface area contributed by atoms with Crippen molar-refractivity contribution in [2.24, 2.45) is 28.9 Å². The zero-order valence-corrected chi connectivity index (χ0v) is 13.4. The van der Waals surface area contributed by atoms with Gasteiger partial charge in [-0.3, -0.25) is 4.90 Å². The van der Waals surface area contributed by atoms with Crippen LogP contribution in [-0.2, 0) is 0 Å². The highest BCUT2D eigenvalue weighted by atomic mass is 15.2. The summed E-state index contributed by atoms with van der Waals surface area (Å²) < 4.78 is 0. The SMILES string of the molecule is CC1(C)CCCN1CC(N)C12CC3CC(CC(C3)C1)C2. The first-order chi connectivity index (χ1) is 9.47. The third kappa shape index (κ3) is 2.06. The molecular weight excluding hydrogens is 244 g/mol. The Morgan fingerprint density at radius 2 is 1.60 bits per heavy atom. The molecule has 0 aromatic heterocycles. The molecule has 1 saturated heterocycles. The lowest BCUT2D eigenvalue weighted by atomic mass is 9.47. The van der Waals surface area contributed by atoms with Crippen molar-refractivity contribution in [1.29, 1.82) is 0 Å². The maximum Gasteiger partial charge on any atom is 0.0225 e. The van der Waals surface area contributed by atoms with Crippen molar-refractivity contribution in [2.75, 3.05) is 13.1 Å². The Morgan fingerprint density at radius 3 is 2.05 bits per heavy atom. The minimum Gasteiger partial charge on any atom is -0.326 e. The smallest absolute Gasteiger partial charge is 0.0225 e. The van der Waals surface area contributed by atoms with Gasteiger partial charge in [0.05, 0.1) is 0 Å². The Kier molecular flexibility index (Phi) is 3.03. The average Bonchev–Trinajstić information content (AvgIpc) is 2.67. The number of nitrogens with two attached hydrogens (primary N) is 1. The van der Waals surface area contributed by atoms with Gasteiger partial charge in [0.25, 0.3) is 0 Å². The number of rotatable bonds is 3. The Bertz CT molecular complexity index is 352. The quantitative estimate of drug-likeness (QED) is 0.856. The van der Waals surface area contributed by atoms with E-state index in [4.69, 9.17) is 5.73 Å². The van der Waals surface area contributed by atoms with Gasteiger partial charge in [-0.2, -0.15) is 0 Å². The van der Waals surface area contributed by atoms with Crippen molar-refractivity contribution in [1.82, 2.24) is 4.90 Å². The third-order valence-electron chi connectivity index (χ3n) is 7.36. The molecule has 20 heavy (non-hydrogen) atoms. The second kappa shape index (κ2) is 4.46. The van der Waals surface area contributed by atoms with Crippen LogP contribution in [0.3, 0.4) is 0 Å². The van der Waals surface area contributed by atoms with Crippen molar-refractivity contribution < 1.29 is 0 Å². The molecular formula is C18H32N2. The zero-order valence-electron chi connectivity index (χ0n) is 13.4. The van der Waals surface area contributed by atoms with E-state index in [1.54, 1.807) is 0 Å². The predicted octanol–water partition coefficient (Wildman–Crippen LogP) is 3.40. The van der Waals surface area contributed by atoms with Gasteiger partial charge in [0.1, 0.15) is 0 Å². The standard InChI is InChI=1S/C18H32N2/c1-17(2)4-3-5-20(17)12-16(19)18-9-13-6-14(10-18)8-15(7-13)11-18/h13-16H,3-12,19H2,1-2H3. The Labute approximate surface area is 124 Å². The number of hydrogen-bond donors (Lipinski definition) is 1. The van der Waals surface area contributed by atoms with Crippen LogP contribution in [0.1, 0.15) is 65.2 Å². The van der Waals surface area contributed by atoms with Crippen molar-refractivity contribution in [3.63, 3.8) is 0 Å². The molecule has 5 rings (SSSR count). The molecule has 114 valence electrons. The molecule has 2 N–H and O–H groups in total. The summed E-state index contributed by atoms with van der Waals surface area (Å²) in [6.07, 6.45) is 11.7. The fourth-order valence-corrected chi connectivity index (χ4v) is 6.56. The summed E-state index contributed by atoms with van der Waals surface area (Å²) in [5.74, 6) is 3.08. The Morgan fingerprint density at radius 1 is 1.05 bits per heavy atom. The molecule has 1 aliphatic heterocycles. The molecule has 0 aromatic rings. The van der Waals surface area contributed by atoms with Crippen LogP contribution in [0.5, 0.6) is 0 Å². The molecule has 5 fully saturated rings. The lowest BCUT2D eigenvalue weighted by molar-refractivity contribution is -0.0736. The van der Waals surface area contributed by atoms with Crippen LogP contribution >= 0.6 is 0 Å². The van der Waals surface area contributed by atoms with Gasteiger partial charge < -0.3 is 5.73 Å². The highest BCUT2D eigenvalue weighted by molar-refractivity contribution is 5.06. The van der Waals surface area contributed by atoms with Crippen LogP contribution in [-0.4, -0.2) is 29.6 Å². The molecule has 2 nitrogen and oxygen atoms in total. The van der Waals surface area contributed by atoms with E-state index in [0.717, 1.165) is 24.3 Å². The van der Waals surface area contributed by atoms with Gasteiger partial charge in [-0.1, -0.05) is 0 Å². The minimum absolute atomic E-state index is 0.389. The van der Waals surface area contributed by atoms with E-state index in [1.165, 1.54) is 57.9 Å². The van der Waals surface area contributed by atoms with Crippen LogP contribution in [0.25, 0.3) is 0 Å². The number of likely N-dealkylation sites (tertiary alicyclic amines) is 1. The molecule has 0 spiro atoms. The van der Waals surface area contributed by atoms with Gasteiger partial charge in [-0.15, -0.1) is 0 Å². The van der Waals surface area contributed by atoms with Crippen LogP contribution in [0.4, 0.5) is 0 Å². The fourth-order valence-electron chi connectivity index (χ4n) is 6.56. The molecule has 1 atom stereocenters. The van der Waals surface area contributed by atoms with E-state index >= 15 is 0 Å². The predicted molar refractivity (Wildman–Crippen MR) is 83.5 cm³/mol. The summed E-state index contributed by atoms with van der Waals surface area (Å²) in [6.45, 7) is 7.24. The monoisotopic (exact) mass is 276 g/mol. The molecule has 4 saturated carbocycles.